The van der Waals surface area contributed by atoms with E-state index in [1.165, 1.54) is 5.56 Å². The molecule has 0 aliphatic heterocycles. The minimum absolute atomic E-state index is 0.112. The molecule has 0 spiro atoms. The third kappa shape index (κ3) is 7.34. The Bertz CT molecular complexity index is 1000. The van der Waals surface area contributed by atoms with Gasteiger partial charge in [0.1, 0.15) is 11.4 Å². The van der Waals surface area contributed by atoms with Crippen LogP contribution < -0.4 is 11.3 Å². The number of phenols is 1. The molecule has 34 heavy (non-hydrogen) atoms. The number of hydrogen-bond donors (Lipinski definition) is 3. The maximum atomic E-state index is 12.7. The number of nitrogens with zero attached hydrogens (tertiary/aromatic N) is 2. The van der Waals surface area contributed by atoms with E-state index in [9.17, 15) is 9.90 Å². The Morgan fingerprint density at radius 3 is 2.15 bits per heavy atom. The zero-order valence-corrected chi connectivity index (χ0v) is 22.1. The van der Waals surface area contributed by atoms with E-state index in [0.29, 0.717) is 17.8 Å². The highest BCUT2D eigenvalue weighted by Gasteiger charge is 2.25. The van der Waals surface area contributed by atoms with Crippen molar-refractivity contribution in [2.24, 2.45) is 5.84 Å². The Hall–Kier alpha value is -2.83. The molecular formula is C28H42N4O2. The van der Waals surface area contributed by atoms with Gasteiger partial charge in [-0.15, -0.1) is 0 Å². The molecule has 2 aromatic rings. The van der Waals surface area contributed by atoms with E-state index >= 15 is 0 Å². The molecule has 2 rings (SSSR count). The summed E-state index contributed by atoms with van der Waals surface area (Å²) in [5, 5.41) is 11.1. The van der Waals surface area contributed by atoms with Gasteiger partial charge in [0.2, 0.25) is 0 Å². The molecule has 2 aromatic carbocycles. The van der Waals surface area contributed by atoms with E-state index in [2.05, 4.69) is 77.1 Å². The monoisotopic (exact) mass is 466 g/mol. The second-order valence-electron chi connectivity index (χ2n) is 11.1. The molecule has 0 atom stereocenters. The Balaban J connectivity index is 2.38. The lowest BCUT2D eigenvalue weighted by Gasteiger charge is -2.28. The van der Waals surface area contributed by atoms with Gasteiger partial charge in [0.15, 0.2) is 0 Å². The van der Waals surface area contributed by atoms with Crippen molar-refractivity contribution in [3.63, 3.8) is 0 Å². The summed E-state index contributed by atoms with van der Waals surface area (Å²) in [5.41, 5.74) is 6.09. The van der Waals surface area contributed by atoms with E-state index in [1.807, 2.05) is 36.2 Å². The van der Waals surface area contributed by atoms with Crippen LogP contribution >= 0.6 is 0 Å². The van der Waals surface area contributed by atoms with Gasteiger partial charge in [0.05, 0.1) is 0 Å². The molecule has 0 saturated carbocycles. The van der Waals surface area contributed by atoms with Gasteiger partial charge in [-0.2, -0.15) is 0 Å². The van der Waals surface area contributed by atoms with Crippen molar-refractivity contribution in [2.75, 3.05) is 27.2 Å². The maximum absolute atomic E-state index is 12.7. The maximum Gasteiger partial charge on any atom is 0.281 e. The normalized spacial score (nSPS) is 12.7. The summed E-state index contributed by atoms with van der Waals surface area (Å²) in [6, 6.07) is 14.3. The molecule has 186 valence electrons. The predicted molar refractivity (Wildman–Crippen MR) is 141 cm³/mol. The molecule has 0 aliphatic rings. The number of rotatable bonds is 8. The van der Waals surface area contributed by atoms with Crippen LogP contribution in [0, 0.1) is 0 Å². The number of nitrogens with one attached hydrogen (secondary N) is 1. The third-order valence-corrected chi connectivity index (χ3v) is 5.99. The van der Waals surface area contributed by atoms with Crippen LogP contribution in [-0.2, 0) is 22.2 Å². The van der Waals surface area contributed by atoms with E-state index in [1.54, 1.807) is 6.08 Å². The molecular weight excluding hydrogens is 424 g/mol. The van der Waals surface area contributed by atoms with Crippen LogP contribution in [0.25, 0.3) is 6.08 Å². The lowest BCUT2D eigenvalue weighted by atomic mass is 9.79. The van der Waals surface area contributed by atoms with Gasteiger partial charge in [0.25, 0.3) is 5.91 Å². The molecule has 0 aliphatic carbocycles. The summed E-state index contributed by atoms with van der Waals surface area (Å²) < 4.78 is 0. The average molecular weight is 467 g/mol. The molecule has 0 aromatic heterocycles. The molecule has 0 radical (unpaired) electrons. The molecule has 0 unspecified atom stereocenters. The summed E-state index contributed by atoms with van der Waals surface area (Å²) in [5.74, 6) is 5.31. The molecule has 1 amide bonds. The van der Waals surface area contributed by atoms with Crippen molar-refractivity contribution in [2.45, 2.75) is 58.9 Å². The fraction of sp³-hybridized carbons (Fsp3) is 0.464. The summed E-state index contributed by atoms with van der Waals surface area (Å²) in [6.07, 6.45) is 1.74. The van der Waals surface area contributed by atoms with E-state index in [0.717, 1.165) is 24.2 Å². The zero-order valence-electron chi connectivity index (χ0n) is 22.1. The lowest BCUT2D eigenvalue weighted by Crippen LogP contribution is -2.39. The minimum atomic E-state index is -0.397. The average Bonchev–Trinajstić information content (AvgIpc) is 2.75. The first-order chi connectivity index (χ1) is 15.7. The molecule has 0 bridgehead atoms. The largest absolute Gasteiger partial charge is 0.507 e. The summed E-state index contributed by atoms with van der Waals surface area (Å²) in [7, 11) is 3.92. The Morgan fingerprint density at radius 2 is 1.62 bits per heavy atom. The van der Waals surface area contributed by atoms with E-state index in [-0.39, 0.29) is 16.6 Å². The van der Waals surface area contributed by atoms with Gasteiger partial charge in [-0.05, 0) is 41.1 Å². The molecule has 6 nitrogen and oxygen atoms in total. The van der Waals surface area contributed by atoms with Crippen LogP contribution in [-0.4, -0.2) is 48.0 Å². The molecule has 6 heteroatoms. The highest BCUT2D eigenvalue weighted by atomic mass is 16.3. The molecule has 4 N–H and O–H groups in total. The van der Waals surface area contributed by atoms with Crippen molar-refractivity contribution < 1.29 is 9.90 Å². The van der Waals surface area contributed by atoms with Gasteiger partial charge in [-0.3, -0.25) is 10.2 Å². The van der Waals surface area contributed by atoms with E-state index in [4.69, 9.17) is 5.84 Å². The van der Waals surface area contributed by atoms with Gasteiger partial charge in [-0.1, -0.05) is 77.9 Å². The fourth-order valence-electron chi connectivity index (χ4n) is 3.76. The number of carbonyl (C=O) groups is 1. The van der Waals surface area contributed by atoms with Crippen LogP contribution in [0.4, 0.5) is 0 Å². The van der Waals surface area contributed by atoms with Crippen LogP contribution in [0.15, 0.2) is 48.2 Å². The third-order valence-electron chi connectivity index (χ3n) is 5.99. The second kappa shape index (κ2) is 11.1. The Kier molecular flexibility index (Phi) is 8.92. The lowest BCUT2D eigenvalue weighted by molar-refractivity contribution is -0.118. The topological polar surface area (TPSA) is 81.8 Å². The highest BCUT2D eigenvalue weighted by Crippen LogP contribution is 2.38. The number of nitrogens with two attached hydrogens (primary N) is 1. The number of hydrogen-bond acceptors (Lipinski definition) is 5. The van der Waals surface area contributed by atoms with Crippen LogP contribution in [0.2, 0.25) is 0 Å². The first-order valence-corrected chi connectivity index (χ1v) is 11.8. The summed E-state index contributed by atoms with van der Waals surface area (Å²) in [4.78, 5) is 16.8. The first kappa shape index (κ1) is 27.4. The number of phenolic OH excluding ortho intramolecular Hbond substituents is 1. The van der Waals surface area contributed by atoms with Gasteiger partial charge >= 0.3 is 0 Å². The quantitative estimate of drug-likeness (QED) is 0.233. The molecule has 0 saturated heterocycles. The van der Waals surface area contributed by atoms with Gasteiger partial charge in [0, 0.05) is 37.8 Å². The van der Waals surface area contributed by atoms with Crippen LogP contribution in [0.5, 0.6) is 5.75 Å². The van der Waals surface area contributed by atoms with Crippen LogP contribution in [0.1, 0.15) is 63.8 Å². The van der Waals surface area contributed by atoms with Crippen molar-refractivity contribution in [1.82, 2.24) is 15.2 Å². The molecule has 0 fully saturated rings. The van der Waals surface area contributed by atoms with Crippen molar-refractivity contribution in [3.8, 4) is 5.75 Å². The van der Waals surface area contributed by atoms with Gasteiger partial charge in [-0.25, -0.2) is 5.84 Å². The summed E-state index contributed by atoms with van der Waals surface area (Å²) in [6.45, 7) is 14.8. The minimum Gasteiger partial charge on any atom is -0.507 e. The standard InChI is InChI=1S/C28H42N4O2/c1-27(2,3)22-16-21(25(33)23(18-22)28(4,5)6)17-24(26(34)30-29)32(8)15-14-31(7)19-20-12-10-9-11-13-20/h9-13,16-18,33H,14-15,19,29H2,1-8H3,(H,30,34). The summed E-state index contributed by atoms with van der Waals surface area (Å²) >= 11 is 0. The SMILES string of the molecule is CN(CCN(C)C(=Cc1cc(C(C)(C)C)cc(C(C)(C)C)c1O)C(=O)NN)Cc1ccccc1. The van der Waals surface area contributed by atoms with Gasteiger partial charge < -0.3 is 14.9 Å². The Morgan fingerprint density at radius 1 is 1.00 bits per heavy atom. The van der Waals surface area contributed by atoms with Crippen molar-refractivity contribution >= 4 is 12.0 Å². The van der Waals surface area contributed by atoms with Crippen molar-refractivity contribution in [1.29, 1.82) is 0 Å². The zero-order chi connectivity index (χ0) is 25.7. The second-order valence-corrected chi connectivity index (χ2v) is 11.1. The smallest absolute Gasteiger partial charge is 0.281 e. The number of hydrazine groups is 1. The van der Waals surface area contributed by atoms with Crippen LogP contribution in [0.3, 0.4) is 0 Å². The number of aromatic hydroxyl groups is 1. The predicted octanol–water partition coefficient (Wildman–Crippen LogP) is 4.38. The molecule has 0 heterocycles. The highest BCUT2D eigenvalue weighted by molar-refractivity contribution is 5.97. The number of carbonyl (C=O) groups excluding carboxylic acids is 1. The first-order valence-electron chi connectivity index (χ1n) is 11.8. The number of amides is 1. The van der Waals surface area contributed by atoms with E-state index < -0.39 is 5.91 Å². The number of likely N-dealkylation sites (N-methyl/N-ethyl adjacent to an activating group) is 2. The fourth-order valence-corrected chi connectivity index (χ4v) is 3.76. The van der Waals surface area contributed by atoms with Crippen molar-refractivity contribution in [3.05, 3.63) is 70.4 Å². The Labute approximate surface area is 205 Å². The number of benzene rings is 2.